The van der Waals surface area contributed by atoms with E-state index in [2.05, 4.69) is 127 Å². The number of aromatic nitrogens is 3. The molecule has 0 spiro atoms. The first-order chi connectivity index (χ1) is 22.8. The molecule has 0 amide bonds. The number of nitrogens with zero attached hydrogens (tertiary/aromatic N) is 3. The van der Waals surface area contributed by atoms with E-state index in [1.165, 1.54) is 25.6 Å². The van der Waals surface area contributed by atoms with Crippen molar-refractivity contribution < 1.29 is 4.42 Å². The number of benzene rings is 7. The Morgan fingerprint density at radius 1 is 0.413 bits per heavy atom. The lowest BCUT2D eigenvalue weighted by atomic mass is 10.0. The van der Waals surface area contributed by atoms with Gasteiger partial charge in [-0.15, -0.1) is 11.3 Å². The molecule has 10 aromatic rings. The van der Waals surface area contributed by atoms with Crippen LogP contribution in [0.1, 0.15) is 0 Å². The van der Waals surface area contributed by atoms with Gasteiger partial charge in [-0.25, -0.2) is 15.0 Å². The highest BCUT2D eigenvalue weighted by atomic mass is 32.1. The first kappa shape index (κ1) is 25.4. The maximum Gasteiger partial charge on any atom is 0.165 e. The number of thiophene rings is 1. The zero-order valence-electron chi connectivity index (χ0n) is 24.4. The van der Waals surface area contributed by atoms with Crippen LogP contribution in [0.15, 0.2) is 144 Å². The molecule has 3 heterocycles. The highest BCUT2D eigenvalue weighted by molar-refractivity contribution is 7.26. The van der Waals surface area contributed by atoms with E-state index in [0.717, 1.165) is 54.8 Å². The van der Waals surface area contributed by atoms with Gasteiger partial charge < -0.3 is 4.42 Å². The molecule has 0 radical (unpaired) electrons. The number of para-hydroxylation sites is 1. The van der Waals surface area contributed by atoms with Crippen molar-refractivity contribution in [1.29, 1.82) is 0 Å². The number of rotatable bonds is 3. The Kier molecular flexibility index (Phi) is 5.41. The summed E-state index contributed by atoms with van der Waals surface area (Å²) in [5, 5.41) is 9.11. The fourth-order valence-corrected chi connectivity index (χ4v) is 7.90. The first-order valence-electron chi connectivity index (χ1n) is 15.3. The SMILES string of the molecule is c1ccc2cc(-c3nc(-c4cccc5cc6oc7ccccc7c6cc45)nc(-c4cccc5c4sc4ccccc45)n3)ccc2c1. The van der Waals surface area contributed by atoms with Gasteiger partial charge in [0.15, 0.2) is 17.5 Å². The summed E-state index contributed by atoms with van der Waals surface area (Å²) < 4.78 is 8.65. The summed E-state index contributed by atoms with van der Waals surface area (Å²) in [6, 6.07) is 48.6. The summed E-state index contributed by atoms with van der Waals surface area (Å²) in [6.07, 6.45) is 0. The zero-order valence-corrected chi connectivity index (χ0v) is 25.3. The number of furan rings is 1. The molecule has 0 aliphatic carbocycles. The van der Waals surface area contributed by atoms with E-state index in [-0.39, 0.29) is 0 Å². The average Bonchev–Trinajstić information content (AvgIpc) is 3.68. The molecule has 0 saturated heterocycles. The molecule has 0 fully saturated rings. The maximum atomic E-state index is 6.22. The van der Waals surface area contributed by atoms with E-state index in [4.69, 9.17) is 19.4 Å². The molecule has 3 aromatic heterocycles. The van der Waals surface area contributed by atoms with E-state index < -0.39 is 0 Å². The second kappa shape index (κ2) is 9.80. The molecular formula is C41H23N3OS. The van der Waals surface area contributed by atoms with Crippen LogP contribution in [-0.2, 0) is 0 Å². The monoisotopic (exact) mass is 605 g/mol. The van der Waals surface area contributed by atoms with Crippen molar-refractivity contribution in [3.8, 4) is 34.2 Å². The summed E-state index contributed by atoms with van der Waals surface area (Å²) in [7, 11) is 0. The lowest BCUT2D eigenvalue weighted by Crippen LogP contribution is -2.00. The van der Waals surface area contributed by atoms with Crippen molar-refractivity contribution in [2.75, 3.05) is 0 Å². The van der Waals surface area contributed by atoms with Crippen LogP contribution < -0.4 is 0 Å². The van der Waals surface area contributed by atoms with Crippen molar-refractivity contribution >= 4 is 75.0 Å². The Balaban J connectivity index is 1.26. The lowest BCUT2D eigenvalue weighted by molar-refractivity contribution is 0.669. The van der Waals surface area contributed by atoms with Gasteiger partial charge in [-0.2, -0.15) is 0 Å². The second-order valence-electron chi connectivity index (χ2n) is 11.6. The Morgan fingerprint density at radius 3 is 2.04 bits per heavy atom. The number of hydrogen-bond acceptors (Lipinski definition) is 5. The third-order valence-electron chi connectivity index (χ3n) is 8.91. The molecule has 0 aliphatic heterocycles. The van der Waals surface area contributed by atoms with Gasteiger partial charge >= 0.3 is 0 Å². The summed E-state index contributed by atoms with van der Waals surface area (Å²) >= 11 is 1.78. The van der Waals surface area contributed by atoms with E-state index in [1.807, 2.05) is 12.1 Å². The maximum absolute atomic E-state index is 6.22. The molecule has 0 saturated carbocycles. The van der Waals surface area contributed by atoms with Crippen LogP contribution in [0.3, 0.4) is 0 Å². The number of fused-ring (bicyclic) bond motifs is 8. The highest BCUT2D eigenvalue weighted by Crippen LogP contribution is 2.41. The fourth-order valence-electron chi connectivity index (χ4n) is 6.69. The van der Waals surface area contributed by atoms with Gasteiger partial charge in [0.05, 0.1) is 0 Å². The molecule has 10 rings (SSSR count). The van der Waals surface area contributed by atoms with Crippen LogP contribution in [0, 0.1) is 0 Å². The van der Waals surface area contributed by atoms with Gasteiger partial charge in [0.2, 0.25) is 0 Å². The quantitative estimate of drug-likeness (QED) is 0.201. The Hall–Kier alpha value is -5.91. The van der Waals surface area contributed by atoms with Crippen LogP contribution >= 0.6 is 11.3 Å². The molecule has 4 nitrogen and oxygen atoms in total. The second-order valence-corrected chi connectivity index (χ2v) is 12.7. The lowest BCUT2D eigenvalue weighted by Gasteiger charge is -2.11. The normalized spacial score (nSPS) is 11.9. The molecule has 214 valence electrons. The zero-order chi connectivity index (χ0) is 30.2. The fraction of sp³-hybridized carbons (Fsp3) is 0. The Morgan fingerprint density at radius 2 is 1.11 bits per heavy atom. The third-order valence-corrected chi connectivity index (χ3v) is 10.1. The smallest absolute Gasteiger partial charge is 0.165 e. The minimum atomic E-state index is 0.643. The van der Waals surface area contributed by atoms with Crippen LogP contribution in [0.5, 0.6) is 0 Å². The van der Waals surface area contributed by atoms with Crippen LogP contribution in [0.25, 0.3) is 97.8 Å². The van der Waals surface area contributed by atoms with Gasteiger partial charge in [0, 0.05) is 47.6 Å². The predicted molar refractivity (Wildman–Crippen MR) is 191 cm³/mol. The van der Waals surface area contributed by atoms with Gasteiger partial charge in [-0.1, -0.05) is 103 Å². The molecule has 7 aromatic carbocycles. The molecule has 0 N–H and O–H groups in total. The topological polar surface area (TPSA) is 51.8 Å². The minimum Gasteiger partial charge on any atom is -0.456 e. The average molecular weight is 606 g/mol. The summed E-state index contributed by atoms with van der Waals surface area (Å²) in [5.74, 6) is 1.96. The van der Waals surface area contributed by atoms with Crippen molar-refractivity contribution in [3.63, 3.8) is 0 Å². The van der Waals surface area contributed by atoms with E-state index in [0.29, 0.717) is 17.5 Å². The molecule has 0 aliphatic rings. The van der Waals surface area contributed by atoms with Gasteiger partial charge in [-0.05, 0) is 57.9 Å². The van der Waals surface area contributed by atoms with Crippen LogP contribution in [0.4, 0.5) is 0 Å². The van der Waals surface area contributed by atoms with E-state index in [9.17, 15) is 0 Å². The largest absolute Gasteiger partial charge is 0.456 e. The summed E-state index contributed by atoms with van der Waals surface area (Å²) in [5.41, 5.74) is 4.67. The summed E-state index contributed by atoms with van der Waals surface area (Å²) in [4.78, 5) is 15.5. The Bertz CT molecular complexity index is 2830. The molecule has 0 atom stereocenters. The number of hydrogen-bond donors (Lipinski definition) is 0. The first-order valence-corrected chi connectivity index (χ1v) is 16.1. The van der Waals surface area contributed by atoms with Gasteiger partial charge in [-0.3, -0.25) is 0 Å². The summed E-state index contributed by atoms with van der Waals surface area (Å²) in [6.45, 7) is 0. The van der Waals surface area contributed by atoms with Crippen LogP contribution in [-0.4, -0.2) is 15.0 Å². The van der Waals surface area contributed by atoms with Gasteiger partial charge in [0.25, 0.3) is 0 Å². The van der Waals surface area contributed by atoms with E-state index in [1.54, 1.807) is 11.3 Å². The highest BCUT2D eigenvalue weighted by Gasteiger charge is 2.18. The molecule has 46 heavy (non-hydrogen) atoms. The standard InChI is InChI=1S/C41H23N3OS/c1-2-10-25-21-27(20-19-24(25)9-1)39-42-40(44-41(43-39)32-16-8-14-30-29-13-4-6-18-37(29)46-38(30)32)31-15-7-11-26-22-36-34(23-33(26)31)28-12-3-5-17-35(28)45-36/h1-23H. The Labute approximate surface area is 267 Å². The molecule has 0 bridgehead atoms. The third kappa shape index (κ3) is 3.89. The van der Waals surface area contributed by atoms with Gasteiger partial charge in [0.1, 0.15) is 11.2 Å². The van der Waals surface area contributed by atoms with E-state index >= 15 is 0 Å². The predicted octanol–water partition coefficient (Wildman–Crippen LogP) is 11.4. The van der Waals surface area contributed by atoms with Crippen molar-refractivity contribution in [1.82, 2.24) is 15.0 Å². The molecule has 0 unspecified atom stereocenters. The van der Waals surface area contributed by atoms with Crippen LogP contribution in [0.2, 0.25) is 0 Å². The molecule has 5 heteroatoms. The minimum absolute atomic E-state index is 0.643. The van der Waals surface area contributed by atoms with Crippen molar-refractivity contribution in [3.05, 3.63) is 140 Å². The molecular weight excluding hydrogens is 583 g/mol. The van der Waals surface area contributed by atoms with Crippen molar-refractivity contribution in [2.45, 2.75) is 0 Å². The van der Waals surface area contributed by atoms with Crippen molar-refractivity contribution in [2.24, 2.45) is 0 Å².